The molecule has 1 heterocycles. The molecule has 0 bridgehead atoms. The third-order valence-corrected chi connectivity index (χ3v) is 5.03. The van der Waals surface area contributed by atoms with Gasteiger partial charge in [0.05, 0.1) is 18.6 Å². The molecule has 2 rings (SSSR count). The molecule has 0 radical (unpaired) electrons. The van der Waals surface area contributed by atoms with Crippen molar-refractivity contribution < 1.29 is 12.8 Å². The summed E-state index contributed by atoms with van der Waals surface area (Å²) < 4.78 is 30.8. The monoisotopic (exact) mass is 506 g/mol. The maximum Gasteiger partial charge on any atom is 0.215 e. The van der Waals surface area contributed by atoms with Crippen molar-refractivity contribution in [3.05, 3.63) is 59.5 Å². The largest absolute Gasteiger partial charge is 0.469 e. The van der Waals surface area contributed by atoms with Crippen molar-refractivity contribution >= 4 is 40.0 Å². The Hall–Kier alpha value is -1.59. The van der Waals surface area contributed by atoms with Gasteiger partial charge in [0.1, 0.15) is 5.76 Å². The van der Waals surface area contributed by atoms with Crippen molar-refractivity contribution in [3.63, 3.8) is 0 Å². The van der Waals surface area contributed by atoms with Crippen molar-refractivity contribution in [1.29, 1.82) is 0 Å². The highest BCUT2D eigenvalue weighted by molar-refractivity contribution is 14.0. The van der Waals surface area contributed by atoms with Crippen molar-refractivity contribution in [3.8, 4) is 0 Å². The van der Waals surface area contributed by atoms with Crippen LogP contribution in [-0.4, -0.2) is 34.5 Å². The van der Waals surface area contributed by atoms with E-state index in [4.69, 9.17) is 4.42 Å². The van der Waals surface area contributed by atoms with Crippen molar-refractivity contribution in [1.82, 2.24) is 15.4 Å². The fraction of sp³-hybridized carbons (Fsp3) is 0.389. The van der Waals surface area contributed by atoms with Gasteiger partial charge in [0.15, 0.2) is 5.96 Å². The summed E-state index contributed by atoms with van der Waals surface area (Å²) in [7, 11) is -1.84. The molecule has 2 aromatic rings. The minimum atomic E-state index is -3.25. The van der Waals surface area contributed by atoms with Gasteiger partial charge in [0, 0.05) is 19.5 Å². The Bertz CT molecular complexity index is 791. The molecule has 0 atom stereocenters. The Morgan fingerprint density at radius 1 is 1.11 bits per heavy atom. The van der Waals surface area contributed by atoms with E-state index < -0.39 is 10.0 Å². The third kappa shape index (κ3) is 8.76. The predicted molar refractivity (Wildman–Crippen MR) is 119 cm³/mol. The summed E-state index contributed by atoms with van der Waals surface area (Å²) in [5, 5.41) is 6.47. The lowest BCUT2D eigenvalue weighted by Crippen LogP contribution is -2.38. The van der Waals surface area contributed by atoms with Gasteiger partial charge in [-0.2, -0.15) is 0 Å². The lowest BCUT2D eigenvalue weighted by Gasteiger charge is -2.11. The van der Waals surface area contributed by atoms with Crippen LogP contribution in [0.3, 0.4) is 0 Å². The first kappa shape index (κ1) is 23.4. The highest BCUT2D eigenvalue weighted by Gasteiger charge is 2.08. The minimum Gasteiger partial charge on any atom is -0.469 e. The first-order valence-corrected chi connectivity index (χ1v) is 10.2. The number of hydrogen-bond acceptors (Lipinski definition) is 4. The number of benzene rings is 1. The standard InChI is InChI=1S/C18H26N4O3S.HI/c1-3-20-18(21-11-10-17-5-4-12-25-17)22-13-15-6-8-16(9-7-15)14-26(23,24)19-2;/h4-9,12,19H,3,10-11,13-14H2,1-2H3,(H2,20,21,22);1H. The molecule has 7 nitrogen and oxygen atoms in total. The van der Waals surface area contributed by atoms with Gasteiger partial charge in [-0.3, -0.25) is 0 Å². The Morgan fingerprint density at radius 3 is 2.41 bits per heavy atom. The van der Waals surface area contributed by atoms with E-state index in [2.05, 4.69) is 20.3 Å². The number of rotatable bonds is 9. The summed E-state index contributed by atoms with van der Waals surface area (Å²) in [6, 6.07) is 11.3. The van der Waals surface area contributed by atoms with Gasteiger partial charge in [-0.05, 0) is 37.2 Å². The molecule has 0 fully saturated rings. The lowest BCUT2D eigenvalue weighted by molar-refractivity contribution is 0.507. The second-order valence-corrected chi connectivity index (χ2v) is 7.66. The first-order chi connectivity index (χ1) is 12.5. The van der Waals surface area contributed by atoms with E-state index in [1.165, 1.54) is 7.05 Å². The van der Waals surface area contributed by atoms with Crippen molar-refractivity contribution in [2.45, 2.75) is 25.6 Å². The first-order valence-electron chi connectivity index (χ1n) is 8.56. The molecule has 1 aromatic heterocycles. The van der Waals surface area contributed by atoms with E-state index in [0.29, 0.717) is 6.54 Å². The van der Waals surface area contributed by atoms with E-state index in [1.807, 2.05) is 43.3 Å². The molecule has 0 spiro atoms. The van der Waals surface area contributed by atoms with Crippen LogP contribution < -0.4 is 15.4 Å². The van der Waals surface area contributed by atoms with Crippen LogP contribution in [0.5, 0.6) is 0 Å². The molecule has 9 heteroatoms. The van der Waals surface area contributed by atoms with E-state index in [1.54, 1.807) is 6.26 Å². The normalized spacial score (nSPS) is 11.7. The zero-order chi connectivity index (χ0) is 18.8. The zero-order valence-electron chi connectivity index (χ0n) is 15.6. The third-order valence-electron chi connectivity index (χ3n) is 3.70. The molecule has 0 amide bonds. The zero-order valence-corrected chi connectivity index (χ0v) is 18.7. The Morgan fingerprint density at radius 2 is 1.81 bits per heavy atom. The number of nitrogens with one attached hydrogen (secondary N) is 3. The van der Waals surface area contributed by atoms with Crippen LogP contribution in [0.15, 0.2) is 52.1 Å². The molecule has 0 aliphatic carbocycles. The van der Waals surface area contributed by atoms with Crippen molar-refractivity contribution in [2.75, 3.05) is 20.1 Å². The molecule has 0 saturated carbocycles. The number of halogens is 1. The average molecular weight is 506 g/mol. The summed E-state index contributed by atoms with van der Waals surface area (Å²) in [5.41, 5.74) is 1.76. The van der Waals surface area contributed by atoms with Crippen LogP contribution in [0, 0.1) is 0 Å². The SMILES string of the molecule is CCNC(=NCc1ccc(CS(=O)(=O)NC)cc1)NCCc1ccco1.I. The van der Waals surface area contributed by atoms with E-state index in [0.717, 1.165) is 42.4 Å². The summed E-state index contributed by atoms with van der Waals surface area (Å²) in [6.07, 6.45) is 2.45. The smallest absolute Gasteiger partial charge is 0.215 e. The van der Waals surface area contributed by atoms with Crippen LogP contribution in [0.2, 0.25) is 0 Å². The van der Waals surface area contributed by atoms with Gasteiger partial charge in [-0.25, -0.2) is 18.1 Å². The van der Waals surface area contributed by atoms with Gasteiger partial charge >= 0.3 is 0 Å². The predicted octanol–water partition coefficient (Wildman–Crippen LogP) is 2.24. The molecule has 0 aliphatic rings. The number of sulfonamides is 1. The minimum absolute atomic E-state index is 0. The Kier molecular flexibility index (Phi) is 10.4. The van der Waals surface area contributed by atoms with Crippen LogP contribution in [0.25, 0.3) is 0 Å². The van der Waals surface area contributed by atoms with Gasteiger partial charge in [0.2, 0.25) is 10.0 Å². The summed E-state index contributed by atoms with van der Waals surface area (Å²) in [5.74, 6) is 1.64. The molecule has 1 aromatic carbocycles. The van der Waals surface area contributed by atoms with Gasteiger partial charge in [-0.15, -0.1) is 24.0 Å². The van der Waals surface area contributed by atoms with Crippen molar-refractivity contribution in [2.24, 2.45) is 4.99 Å². The quantitative estimate of drug-likeness (QED) is 0.276. The molecule has 3 N–H and O–H groups in total. The number of nitrogens with zero attached hydrogens (tertiary/aromatic N) is 1. The summed E-state index contributed by atoms with van der Waals surface area (Å²) >= 11 is 0. The fourth-order valence-corrected chi connectivity index (χ4v) is 3.08. The Labute approximate surface area is 178 Å². The van der Waals surface area contributed by atoms with Crippen LogP contribution in [0.1, 0.15) is 23.8 Å². The molecule has 150 valence electrons. The van der Waals surface area contributed by atoms with Gasteiger partial charge < -0.3 is 15.1 Å². The summed E-state index contributed by atoms with van der Waals surface area (Å²) in [4.78, 5) is 4.56. The number of aliphatic imine (C=N–C) groups is 1. The van der Waals surface area contributed by atoms with Crippen LogP contribution in [-0.2, 0) is 28.7 Å². The molecular formula is C18H27IN4O3S. The molecule has 0 aliphatic heterocycles. The molecule has 0 saturated heterocycles. The highest BCUT2D eigenvalue weighted by Crippen LogP contribution is 2.08. The topological polar surface area (TPSA) is 95.7 Å². The number of furan rings is 1. The Balaban J connectivity index is 0.00000364. The van der Waals surface area contributed by atoms with Gasteiger partial charge in [-0.1, -0.05) is 24.3 Å². The second kappa shape index (κ2) is 12.0. The molecule has 27 heavy (non-hydrogen) atoms. The van der Waals surface area contributed by atoms with Gasteiger partial charge in [0.25, 0.3) is 0 Å². The van der Waals surface area contributed by atoms with Crippen LogP contribution >= 0.6 is 24.0 Å². The van der Waals surface area contributed by atoms with Crippen LogP contribution in [0.4, 0.5) is 0 Å². The maximum atomic E-state index is 11.6. The van der Waals surface area contributed by atoms with E-state index >= 15 is 0 Å². The average Bonchev–Trinajstić information content (AvgIpc) is 3.14. The number of hydrogen-bond donors (Lipinski definition) is 3. The fourth-order valence-electron chi connectivity index (χ4n) is 2.30. The summed E-state index contributed by atoms with van der Waals surface area (Å²) in [6.45, 7) is 4.02. The maximum absolute atomic E-state index is 11.6. The van der Waals surface area contributed by atoms with E-state index in [-0.39, 0.29) is 29.7 Å². The molecular weight excluding hydrogens is 479 g/mol. The van der Waals surface area contributed by atoms with E-state index in [9.17, 15) is 8.42 Å². The molecule has 0 unspecified atom stereocenters. The lowest BCUT2D eigenvalue weighted by atomic mass is 10.1. The second-order valence-electron chi connectivity index (χ2n) is 5.73. The highest BCUT2D eigenvalue weighted by atomic mass is 127. The number of guanidine groups is 1.